The van der Waals surface area contributed by atoms with Crippen LogP contribution in [0.5, 0.6) is 0 Å². The number of hydrogen-bond acceptors (Lipinski definition) is 0. The molecule has 0 N–H and O–H groups in total. The zero-order valence-electron chi connectivity index (χ0n) is 2.92. The Balaban J connectivity index is 3.26. The fraction of sp³-hybridized carbons (Fsp3) is 0.333. The summed E-state index contributed by atoms with van der Waals surface area (Å²) in [6.07, 6.45) is 0. The van der Waals surface area contributed by atoms with E-state index in [1.54, 1.807) is 0 Å². The molecule has 0 saturated carbocycles. The summed E-state index contributed by atoms with van der Waals surface area (Å²) < 4.78 is 0. The lowest BCUT2D eigenvalue weighted by Crippen LogP contribution is -1.79. The quantitative estimate of drug-likeness (QED) is 0.498. The molecule has 0 aliphatic rings. The fourth-order valence-corrected chi connectivity index (χ4v) is 0. The van der Waals surface area contributed by atoms with Crippen LogP contribution in [0.2, 0.25) is 0 Å². The van der Waals surface area contributed by atoms with Crippen LogP contribution < -0.4 is 0 Å². The number of halogens is 3. The zero-order chi connectivity index (χ0) is 5.15. The molecule has 0 aromatic rings. The molecular formula is C3H3Cl3. The minimum absolute atomic E-state index is 0.262. The Kier molecular flexibility index (Phi) is 3.01. The van der Waals surface area contributed by atoms with E-state index in [1.165, 1.54) is 0 Å². The lowest BCUT2D eigenvalue weighted by molar-refractivity contribution is 1.57. The van der Waals surface area contributed by atoms with E-state index in [2.05, 4.69) is 6.58 Å². The molecule has 0 spiro atoms. The molecule has 0 saturated heterocycles. The van der Waals surface area contributed by atoms with E-state index in [9.17, 15) is 0 Å². The maximum atomic E-state index is 5.15. The van der Waals surface area contributed by atoms with E-state index < -0.39 is 4.84 Å². The van der Waals surface area contributed by atoms with E-state index in [4.69, 9.17) is 34.8 Å². The summed E-state index contributed by atoms with van der Waals surface area (Å²) in [5.41, 5.74) is 0. The lowest BCUT2D eigenvalue weighted by atomic mass is 10.7. The third kappa shape index (κ3) is 2.83. The second kappa shape index (κ2) is 2.73. The van der Waals surface area contributed by atoms with Crippen LogP contribution in [-0.4, -0.2) is 4.84 Å². The molecule has 3 heteroatoms. The van der Waals surface area contributed by atoms with Gasteiger partial charge >= 0.3 is 0 Å². The molecule has 0 unspecified atom stereocenters. The van der Waals surface area contributed by atoms with Gasteiger partial charge in [0.2, 0.25) is 0 Å². The van der Waals surface area contributed by atoms with Crippen LogP contribution in [0.4, 0.5) is 0 Å². The molecule has 0 bridgehead atoms. The van der Waals surface area contributed by atoms with Crippen LogP contribution in [0.25, 0.3) is 0 Å². The Labute approximate surface area is 51.7 Å². The molecule has 0 atom stereocenters. The first-order valence-corrected chi connectivity index (χ1v) is 2.52. The van der Waals surface area contributed by atoms with Gasteiger partial charge in [-0.2, -0.15) is 0 Å². The molecule has 0 fully saturated rings. The highest BCUT2D eigenvalue weighted by Gasteiger charge is 1.96. The average molecular weight is 145 g/mol. The molecule has 36 valence electrons. The van der Waals surface area contributed by atoms with Crippen molar-refractivity contribution in [1.82, 2.24) is 0 Å². The Bertz CT molecular complexity index is 57.1. The van der Waals surface area contributed by atoms with Crippen LogP contribution in [0.15, 0.2) is 11.6 Å². The van der Waals surface area contributed by atoms with Gasteiger partial charge in [0.25, 0.3) is 0 Å². The van der Waals surface area contributed by atoms with Gasteiger partial charge in [-0.3, -0.25) is 0 Å². The first kappa shape index (κ1) is 6.61. The minimum Gasteiger partial charge on any atom is -0.0991 e. The van der Waals surface area contributed by atoms with E-state index in [0.717, 1.165) is 0 Å². The monoisotopic (exact) mass is 144 g/mol. The smallest absolute Gasteiger partial charge is 0.0991 e. The van der Waals surface area contributed by atoms with Gasteiger partial charge in [-0.15, -0.1) is 0 Å². The maximum Gasteiger partial charge on any atom is 0.142 e. The van der Waals surface area contributed by atoms with Gasteiger partial charge in [-0.05, 0) is 0 Å². The van der Waals surface area contributed by atoms with Crippen molar-refractivity contribution in [3.63, 3.8) is 0 Å². The molecule has 0 aromatic heterocycles. The highest BCUT2D eigenvalue weighted by Crippen LogP contribution is 2.14. The normalized spacial score (nSPS) is 9.33. The van der Waals surface area contributed by atoms with Gasteiger partial charge in [0.05, 0.1) is 0 Å². The molecular weight excluding hydrogens is 142 g/mol. The Morgan fingerprint density at radius 3 is 1.67 bits per heavy atom. The van der Waals surface area contributed by atoms with Crippen molar-refractivity contribution in [3.8, 4) is 0 Å². The predicted octanol–water partition coefficient (Wildman–Crippen LogP) is 2.54. The Hall–Kier alpha value is 0.610. The highest BCUT2D eigenvalue weighted by molar-refractivity contribution is 6.52. The average Bonchev–Trinajstić information content (AvgIpc) is 1.36. The fourth-order valence-electron chi connectivity index (χ4n) is 0. The van der Waals surface area contributed by atoms with Crippen LogP contribution in [0, 0.1) is 0 Å². The summed E-state index contributed by atoms with van der Waals surface area (Å²) in [4.78, 5) is -0.633. The van der Waals surface area contributed by atoms with Gasteiger partial charge in [-0.25, -0.2) is 0 Å². The van der Waals surface area contributed by atoms with Crippen LogP contribution in [0.3, 0.4) is 0 Å². The van der Waals surface area contributed by atoms with Gasteiger partial charge in [-0.1, -0.05) is 41.4 Å². The van der Waals surface area contributed by atoms with Crippen molar-refractivity contribution in [2.75, 3.05) is 0 Å². The largest absolute Gasteiger partial charge is 0.142 e. The van der Waals surface area contributed by atoms with E-state index in [-0.39, 0.29) is 5.03 Å². The molecule has 0 aliphatic carbocycles. The van der Waals surface area contributed by atoms with Crippen LogP contribution in [0.1, 0.15) is 0 Å². The number of hydrogen-bond donors (Lipinski definition) is 0. The lowest BCUT2D eigenvalue weighted by Gasteiger charge is -1.89. The van der Waals surface area contributed by atoms with E-state index in [0.29, 0.717) is 0 Å². The molecule has 0 amide bonds. The number of alkyl halides is 2. The van der Waals surface area contributed by atoms with E-state index in [1.807, 2.05) is 0 Å². The standard InChI is InChI=1S/C3H3Cl3/c1-2(4)3(5)6/h3H,1H2. The third-order valence-electron chi connectivity index (χ3n) is 0.237. The molecule has 0 aliphatic heterocycles. The molecule has 6 heavy (non-hydrogen) atoms. The summed E-state index contributed by atoms with van der Waals surface area (Å²) in [7, 11) is 0. The van der Waals surface area contributed by atoms with Gasteiger partial charge < -0.3 is 0 Å². The van der Waals surface area contributed by atoms with Crippen molar-refractivity contribution < 1.29 is 0 Å². The predicted molar refractivity (Wildman–Crippen MR) is 30.5 cm³/mol. The minimum atomic E-state index is -0.633. The molecule has 0 nitrogen and oxygen atoms in total. The zero-order valence-corrected chi connectivity index (χ0v) is 5.19. The Morgan fingerprint density at radius 2 is 1.67 bits per heavy atom. The van der Waals surface area contributed by atoms with Crippen LogP contribution >= 0.6 is 34.8 Å². The SMILES string of the molecule is C=C(Cl)C(Cl)Cl. The third-order valence-corrected chi connectivity index (χ3v) is 1.21. The summed E-state index contributed by atoms with van der Waals surface area (Å²) in [5.74, 6) is 0. The van der Waals surface area contributed by atoms with Gasteiger partial charge in [0.15, 0.2) is 0 Å². The van der Waals surface area contributed by atoms with Gasteiger partial charge in [0.1, 0.15) is 4.84 Å². The van der Waals surface area contributed by atoms with Crippen molar-refractivity contribution >= 4 is 34.8 Å². The number of rotatable bonds is 1. The second-order valence-electron chi connectivity index (χ2n) is 0.748. The topological polar surface area (TPSA) is 0 Å². The summed E-state index contributed by atoms with van der Waals surface area (Å²) in [6, 6.07) is 0. The number of allylic oxidation sites excluding steroid dienone is 1. The molecule has 0 rings (SSSR count). The summed E-state index contributed by atoms with van der Waals surface area (Å²) in [5, 5.41) is 0.262. The van der Waals surface area contributed by atoms with Crippen molar-refractivity contribution in [3.05, 3.63) is 11.6 Å². The highest BCUT2D eigenvalue weighted by atomic mass is 35.5. The molecule has 0 aromatic carbocycles. The Morgan fingerprint density at radius 1 is 1.50 bits per heavy atom. The maximum absolute atomic E-state index is 5.15. The van der Waals surface area contributed by atoms with Crippen molar-refractivity contribution in [1.29, 1.82) is 0 Å². The van der Waals surface area contributed by atoms with Crippen LogP contribution in [-0.2, 0) is 0 Å². The second-order valence-corrected chi connectivity index (χ2v) is 2.33. The summed E-state index contributed by atoms with van der Waals surface area (Å²) in [6.45, 7) is 3.26. The molecule has 0 heterocycles. The summed E-state index contributed by atoms with van der Waals surface area (Å²) >= 11 is 15.4. The van der Waals surface area contributed by atoms with Crippen molar-refractivity contribution in [2.24, 2.45) is 0 Å². The first-order chi connectivity index (χ1) is 2.64. The van der Waals surface area contributed by atoms with Crippen molar-refractivity contribution in [2.45, 2.75) is 4.84 Å². The first-order valence-electron chi connectivity index (χ1n) is 1.27. The van der Waals surface area contributed by atoms with Gasteiger partial charge in [0, 0.05) is 5.03 Å². The van der Waals surface area contributed by atoms with E-state index >= 15 is 0 Å². The molecule has 0 radical (unpaired) electrons.